The molecule has 7 nitrogen and oxygen atoms in total. The van der Waals surface area contributed by atoms with Gasteiger partial charge in [0.25, 0.3) is 5.78 Å². The molecule has 1 saturated heterocycles. The lowest BCUT2D eigenvalue weighted by Crippen LogP contribution is -2.29. The molecule has 1 aromatic heterocycles. The summed E-state index contributed by atoms with van der Waals surface area (Å²) in [5.74, 6) is -0.649. The van der Waals surface area contributed by atoms with Gasteiger partial charge in [-0.1, -0.05) is 28.9 Å². The summed E-state index contributed by atoms with van der Waals surface area (Å²) in [7, 11) is 0. The number of anilines is 1. The quantitative estimate of drug-likeness (QED) is 0.354. The van der Waals surface area contributed by atoms with Gasteiger partial charge in [0, 0.05) is 16.7 Å². The van der Waals surface area contributed by atoms with Crippen LogP contribution < -0.4 is 9.64 Å². The number of ketones is 1. The minimum absolute atomic E-state index is 0.0583. The van der Waals surface area contributed by atoms with Crippen LogP contribution in [0.4, 0.5) is 5.82 Å². The molecule has 1 unspecified atom stereocenters. The Morgan fingerprint density at radius 1 is 1.19 bits per heavy atom. The molecule has 0 radical (unpaired) electrons. The Hall–Kier alpha value is -3.58. The second kappa shape index (κ2) is 8.28. The van der Waals surface area contributed by atoms with Crippen LogP contribution in [-0.4, -0.2) is 28.6 Å². The molecule has 8 heteroatoms. The number of aromatic nitrogens is 1. The maximum atomic E-state index is 13.0. The molecule has 158 valence electrons. The van der Waals surface area contributed by atoms with Crippen molar-refractivity contribution < 1.29 is 24.0 Å². The molecule has 1 aliphatic rings. The number of hydrogen-bond acceptors (Lipinski definition) is 6. The van der Waals surface area contributed by atoms with Crippen molar-refractivity contribution in [3.05, 3.63) is 82.1 Å². The van der Waals surface area contributed by atoms with E-state index in [1.807, 2.05) is 6.92 Å². The van der Waals surface area contributed by atoms with Gasteiger partial charge in [-0.3, -0.25) is 14.5 Å². The monoisotopic (exact) mass is 438 g/mol. The Morgan fingerprint density at radius 2 is 1.94 bits per heavy atom. The zero-order valence-electron chi connectivity index (χ0n) is 16.8. The molecule has 2 aromatic carbocycles. The lowest BCUT2D eigenvalue weighted by molar-refractivity contribution is -0.132. The number of halogens is 1. The second-order valence-electron chi connectivity index (χ2n) is 6.98. The van der Waals surface area contributed by atoms with Crippen molar-refractivity contribution in [2.75, 3.05) is 11.5 Å². The lowest BCUT2D eigenvalue weighted by Gasteiger charge is -2.23. The van der Waals surface area contributed by atoms with Gasteiger partial charge in [-0.05, 0) is 55.8 Å². The second-order valence-corrected chi connectivity index (χ2v) is 7.41. The first kappa shape index (κ1) is 20.7. The van der Waals surface area contributed by atoms with Crippen molar-refractivity contribution in [3.63, 3.8) is 0 Å². The molecule has 2 heterocycles. The average Bonchev–Trinajstić information content (AvgIpc) is 3.29. The highest BCUT2D eigenvalue weighted by Gasteiger charge is 2.48. The number of benzene rings is 2. The van der Waals surface area contributed by atoms with Gasteiger partial charge in [0.15, 0.2) is 5.82 Å². The molecule has 0 aliphatic carbocycles. The Labute approximate surface area is 183 Å². The average molecular weight is 439 g/mol. The van der Waals surface area contributed by atoms with Crippen molar-refractivity contribution in [1.82, 2.24) is 5.16 Å². The molecule has 1 fully saturated rings. The van der Waals surface area contributed by atoms with Crippen LogP contribution in [0.2, 0.25) is 5.02 Å². The predicted octanol–water partition coefficient (Wildman–Crippen LogP) is 4.66. The fraction of sp³-hybridized carbons (Fsp3) is 0.174. The maximum Gasteiger partial charge on any atom is 0.301 e. The van der Waals surface area contributed by atoms with Crippen LogP contribution in [0.3, 0.4) is 0 Å². The van der Waals surface area contributed by atoms with Crippen LogP contribution in [0, 0.1) is 6.92 Å². The Morgan fingerprint density at radius 3 is 2.55 bits per heavy atom. The van der Waals surface area contributed by atoms with Gasteiger partial charge in [-0.25, -0.2) is 0 Å². The normalized spacial score (nSPS) is 17.9. The summed E-state index contributed by atoms with van der Waals surface area (Å²) in [4.78, 5) is 27.2. The first-order chi connectivity index (χ1) is 14.9. The zero-order chi connectivity index (χ0) is 22.1. The van der Waals surface area contributed by atoms with Gasteiger partial charge in [0.2, 0.25) is 0 Å². The number of hydrogen-bond donors (Lipinski definition) is 1. The summed E-state index contributed by atoms with van der Waals surface area (Å²) in [6.07, 6.45) is 0. The van der Waals surface area contributed by atoms with Crippen LogP contribution in [0.1, 0.15) is 29.9 Å². The molecular weight excluding hydrogens is 420 g/mol. The Kier molecular flexibility index (Phi) is 5.52. The van der Waals surface area contributed by atoms with E-state index in [1.54, 1.807) is 61.5 Å². The van der Waals surface area contributed by atoms with Gasteiger partial charge in [-0.15, -0.1) is 0 Å². The topological polar surface area (TPSA) is 92.9 Å². The number of aliphatic hydroxyl groups is 1. The number of nitrogens with zero attached hydrogens (tertiary/aromatic N) is 2. The van der Waals surface area contributed by atoms with E-state index >= 15 is 0 Å². The van der Waals surface area contributed by atoms with Crippen LogP contribution in [0.15, 0.2) is 64.7 Å². The third-order valence-electron chi connectivity index (χ3n) is 4.91. The fourth-order valence-corrected chi connectivity index (χ4v) is 3.76. The van der Waals surface area contributed by atoms with Gasteiger partial charge >= 0.3 is 5.91 Å². The van der Waals surface area contributed by atoms with E-state index in [9.17, 15) is 14.7 Å². The van der Waals surface area contributed by atoms with E-state index in [1.165, 1.54) is 4.90 Å². The number of aryl methyl sites for hydroxylation is 1. The number of Topliss-reactive ketones (excluding diaryl/α,β-unsaturated/α-hetero) is 1. The summed E-state index contributed by atoms with van der Waals surface area (Å²) in [6, 6.07) is 14.0. The first-order valence-electron chi connectivity index (χ1n) is 9.63. The third kappa shape index (κ3) is 3.80. The van der Waals surface area contributed by atoms with Crippen LogP contribution in [0.5, 0.6) is 5.75 Å². The molecule has 0 bridgehead atoms. The molecule has 1 atom stereocenters. The van der Waals surface area contributed by atoms with Gasteiger partial charge < -0.3 is 14.4 Å². The third-order valence-corrected chi connectivity index (χ3v) is 5.15. The summed E-state index contributed by atoms with van der Waals surface area (Å²) in [5.41, 5.74) is 0.877. The fourth-order valence-electron chi connectivity index (χ4n) is 3.56. The van der Waals surface area contributed by atoms with Crippen molar-refractivity contribution >= 4 is 34.9 Å². The number of aliphatic hydroxyl groups excluding tert-OH is 1. The summed E-state index contributed by atoms with van der Waals surface area (Å²) < 4.78 is 10.5. The van der Waals surface area contributed by atoms with Gasteiger partial charge in [0.1, 0.15) is 17.3 Å². The minimum Gasteiger partial charge on any atom is -0.507 e. The number of carbonyl (C=O) groups excluding carboxylic acids is 2. The highest BCUT2D eigenvalue weighted by molar-refractivity contribution is 6.51. The number of carbonyl (C=O) groups is 2. The smallest absolute Gasteiger partial charge is 0.301 e. The number of amides is 1. The molecule has 1 N–H and O–H groups in total. The zero-order valence-corrected chi connectivity index (χ0v) is 17.6. The summed E-state index contributed by atoms with van der Waals surface area (Å²) in [5, 5.41) is 15.4. The van der Waals surface area contributed by atoms with Crippen molar-refractivity contribution in [1.29, 1.82) is 0 Å². The summed E-state index contributed by atoms with van der Waals surface area (Å²) in [6.45, 7) is 4.05. The highest BCUT2D eigenvalue weighted by Crippen LogP contribution is 2.42. The van der Waals surface area contributed by atoms with Crippen molar-refractivity contribution in [3.8, 4) is 5.75 Å². The molecule has 1 aliphatic heterocycles. The highest BCUT2D eigenvalue weighted by atomic mass is 35.5. The van der Waals surface area contributed by atoms with E-state index < -0.39 is 17.7 Å². The van der Waals surface area contributed by atoms with Crippen LogP contribution >= 0.6 is 11.6 Å². The van der Waals surface area contributed by atoms with Gasteiger partial charge in [0.05, 0.1) is 18.2 Å². The maximum absolute atomic E-state index is 13.0. The Balaban J connectivity index is 1.89. The largest absolute Gasteiger partial charge is 0.507 e. The number of rotatable bonds is 5. The summed E-state index contributed by atoms with van der Waals surface area (Å²) >= 11 is 6.17. The van der Waals surface area contributed by atoms with E-state index in [0.29, 0.717) is 34.3 Å². The van der Waals surface area contributed by atoms with Gasteiger partial charge in [-0.2, -0.15) is 0 Å². The van der Waals surface area contributed by atoms with E-state index in [4.69, 9.17) is 20.9 Å². The van der Waals surface area contributed by atoms with Crippen molar-refractivity contribution in [2.45, 2.75) is 19.9 Å². The van der Waals surface area contributed by atoms with E-state index in [0.717, 1.165) is 0 Å². The Bertz CT molecular complexity index is 1180. The van der Waals surface area contributed by atoms with E-state index in [-0.39, 0.29) is 17.2 Å². The van der Waals surface area contributed by atoms with Crippen molar-refractivity contribution in [2.24, 2.45) is 0 Å². The van der Waals surface area contributed by atoms with Crippen LogP contribution in [0.25, 0.3) is 5.76 Å². The standard InChI is InChI=1S/C23H19ClN2O5/c1-3-30-17-9-7-14(8-10-17)21(27)19-20(15-5-4-6-16(24)12-15)26(23(29)22(19)28)18-11-13(2)31-25-18/h4-12,20,27H,3H2,1-2H3/b21-19+. The van der Waals surface area contributed by atoms with E-state index in [2.05, 4.69) is 5.16 Å². The number of ether oxygens (including phenoxy) is 1. The predicted molar refractivity (Wildman–Crippen MR) is 115 cm³/mol. The molecular formula is C23H19ClN2O5. The minimum atomic E-state index is -0.922. The molecule has 0 saturated carbocycles. The molecule has 1 amide bonds. The molecule has 4 rings (SSSR count). The molecule has 3 aromatic rings. The van der Waals surface area contributed by atoms with Crippen LogP contribution in [-0.2, 0) is 9.59 Å². The molecule has 31 heavy (non-hydrogen) atoms. The lowest BCUT2D eigenvalue weighted by atomic mass is 9.95. The SMILES string of the molecule is CCOc1ccc(/C(O)=C2\C(=O)C(=O)N(c3cc(C)on3)C2c2cccc(Cl)c2)cc1. The molecule has 0 spiro atoms. The first-order valence-corrected chi connectivity index (χ1v) is 10.0.